The molecule has 2 nitrogen and oxygen atoms in total. The van der Waals surface area contributed by atoms with Crippen molar-refractivity contribution < 1.29 is 0 Å². The summed E-state index contributed by atoms with van der Waals surface area (Å²) in [5.74, 6) is 1.23. The molecule has 0 fully saturated rings. The van der Waals surface area contributed by atoms with Crippen molar-refractivity contribution in [1.82, 2.24) is 9.55 Å². The van der Waals surface area contributed by atoms with Gasteiger partial charge in [-0.25, -0.2) is 4.98 Å². The maximum atomic E-state index is 6.06. The van der Waals surface area contributed by atoms with Gasteiger partial charge in [0.1, 0.15) is 5.82 Å². The van der Waals surface area contributed by atoms with Gasteiger partial charge in [0.05, 0.1) is 16.9 Å². The summed E-state index contributed by atoms with van der Waals surface area (Å²) < 4.78 is 4.23. The first kappa shape index (κ1) is 14.1. The summed E-state index contributed by atoms with van der Waals surface area (Å²) in [4.78, 5) is 4.60. The topological polar surface area (TPSA) is 17.8 Å². The van der Waals surface area contributed by atoms with Gasteiger partial charge in [0, 0.05) is 14.6 Å². The smallest absolute Gasteiger partial charge is 0.129 e. The fourth-order valence-electron chi connectivity index (χ4n) is 2.24. The molecule has 0 atom stereocenters. The highest BCUT2D eigenvalue weighted by Crippen LogP contribution is 2.27. The molecule has 3 aromatic rings. The molecule has 1 aromatic heterocycles. The fourth-order valence-corrected chi connectivity index (χ4v) is 3.02. The molecule has 0 radical (unpaired) electrons. The third-order valence-electron chi connectivity index (χ3n) is 3.21. The minimum atomic E-state index is 0.376. The van der Waals surface area contributed by atoms with Crippen molar-refractivity contribution >= 4 is 54.5 Å². The Morgan fingerprint density at radius 1 is 1.15 bits per heavy atom. The molecule has 5 heteroatoms. The molecule has 0 amide bonds. The Morgan fingerprint density at radius 3 is 2.65 bits per heavy atom. The van der Waals surface area contributed by atoms with E-state index in [4.69, 9.17) is 11.6 Å². The summed E-state index contributed by atoms with van der Waals surface area (Å²) in [5.41, 5.74) is 4.25. The van der Waals surface area contributed by atoms with E-state index in [-0.39, 0.29) is 0 Å². The van der Waals surface area contributed by atoms with Crippen LogP contribution in [0.2, 0.25) is 0 Å². The number of nitrogens with zero attached hydrogens (tertiary/aromatic N) is 2. The first-order chi connectivity index (χ1) is 9.60. The highest BCUT2D eigenvalue weighted by Gasteiger charge is 2.12. The molecule has 0 bridgehead atoms. The van der Waals surface area contributed by atoms with E-state index in [0.29, 0.717) is 5.88 Å². The zero-order valence-electron chi connectivity index (χ0n) is 10.7. The van der Waals surface area contributed by atoms with Crippen LogP contribution in [0.4, 0.5) is 0 Å². The van der Waals surface area contributed by atoms with Gasteiger partial charge in [0.2, 0.25) is 0 Å². The van der Waals surface area contributed by atoms with Gasteiger partial charge in [-0.15, -0.1) is 11.6 Å². The van der Waals surface area contributed by atoms with Gasteiger partial charge >= 0.3 is 0 Å². The maximum absolute atomic E-state index is 6.06. The van der Waals surface area contributed by atoms with E-state index in [2.05, 4.69) is 66.5 Å². The number of hydrogen-bond donors (Lipinski definition) is 0. The number of imidazole rings is 1. The van der Waals surface area contributed by atoms with Crippen LogP contribution in [0.1, 0.15) is 11.4 Å². The Kier molecular flexibility index (Phi) is 3.89. The van der Waals surface area contributed by atoms with Gasteiger partial charge < -0.3 is 0 Å². The molecule has 0 aliphatic heterocycles. The van der Waals surface area contributed by atoms with Gasteiger partial charge in [-0.05, 0) is 48.9 Å². The second kappa shape index (κ2) is 5.51. The zero-order chi connectivity index (χ0) is 14.3. The molecule has 0 spiro atoms. The molecule has 3 rings (SSSR count). The Hall–Kier alpha value is -0.840. The summed E-state index contributed by atoms with van der Waals surface area (Å²) in [6, 6.07) is 12.3. The Labute approximate surface area is 139 Å². The number of fused-ring (bicyclic) bond motifs is 1. The number of alkyl halides is 1. The molecule has 0 saturated carbocycles. The minimum absolute atomic E-state index is 0.376. The Balaban J connectivity index is 2.32. The summed E-state index contributed by atoms with van der Waals surface area (Å²) in [7, 11) is 0. The second-order valence-corrected chi connectivity index (χ2v) is 6.60. The fraction of sp³-hybridized carbons (Fsp3) is 0.133. The van der Waals surface area contributed by atoms with Crippen molar-refractivity contribution in [1.29, 1.82) is 0 Å². The molecule has 0 N–H and O–H groups in total. The molecule has 1 heterocycles. The van der Waals surface area contributed by atoms with E-state index in [9.17, 15) is 0 Å². The lowest BCUT2D eigenvalue weighted by Crippen LogP contribution is -1.99. The van der Waals surface area contributed by atoms with Crippen LogP contribution in [0.15, 0.2) is 45.3 Å². The summed E-state index contributed by atoms with van der Waals surface area (Å²) in [6.45, 7) is 2.07. The standard InChI is InChI=1S/C15H11Br2ClN2/c1-9-6-11(3-4-12(9)17)20-14-7-10(16)2-5-13(14)19-15(20)8-18/h2-7H,8H2,1H3. The predicted molar refractivity (Wildman–Crippen MR) is 90.8 cm³/mol. The highest BCUT2D eigenvalue weighted by atomic mass is 79.9. The SMILES string of the molecule is Cc1cc(-n2c(CCl)nc3ccc(Br)cc32)ccc1Br. The van der Waals surface area contributed by atoms with E-state index in [1.807, 2.05) is 18.2 Å². The molecule has 0 unspecified atom stereocenters. The van der Waals surface area contributed by atoms with Crippen LogP contribution in [0.3, 0.4) is 0 Å². The quantitative estimate of drug-likeness (QED) is 0.499. The molecule has 2 aromatic carbocycles. The van der Waals surface area contributed by atoms with Gasteiger partial charge in [0.25, 0.3) is 0 Å². The van der Waals surface area contributed by atoms with Crippen molar-refractivity contribution in [2.24, 2.45) is 0 Å². The Bertz CT molecular complexity index is 796. The monoisotopic (exact) mass is 412 g/mol. The van der Waals surface area contributed by atoms with Crippen molar-refractivity contribution in [3.8, 4) is 5.69 Å². The lowest BCUT2D eigenvalue weighted by molar-refractivity contribution is 0.979. The van der Waals surface area contributed by atoms with Gasteiger partial charge in [0.15, 0.2) is 0 Å². The van der Waals surface area contributed by atoms with E-state index in [1.54, 1.807) is 0 Å². The lowest BCUT2D eigenvalue weighted by Gasteiger charge is -2.10. The summed E-state index contributed by atoms with van der Waals surface area (Å²) in [6.07, 6.45) is 0. The number of hydrogen-bond acceptors (Lipinski definition) is 1. The number of rotatable bonds is 2. The number of aryl methyl sites for hydroxylation is 1. The second-order valence-electron chi connectivity index (χ2n) is 4.56. The largest absolute Gasteiger partial charge is 0.295 e. The zero-order valence-corrected chi connectivity index (χ0v) is 14.6. The normalized spacial score (nSPS) is 11.2. The molecule has 0 aliphatic carbocycles. The molecule has 20 heavy (non-hydrogen) atoms. The van der Waals surface area contributed by atoms with Crippen molar-refractivity contribution in [2.45, 2.75) is 12.8 Å². The summed E-state index contributed by atoms with van der Waals surface area (Å²) in [5, 5.41) is 0. The van der Waals surface area contributed by atoms with Crippen LogP contribution >= 0.6 is 43.5 Å². The van der Waals surface area contributed by atoms with Crippen LogP contribution in [0.25, 0.3) is 16.7 Å². The molecular weight excluding hydrogens is 403 g/mol. The average molecular weight is 415 g/mol. The van der Waals surface area contributed by atoms with Gasteiger partial charge in [-0.1, -0.05) is 31.9 Å². The van der Waals surface area contributed by atoms with Gasteiger partial charge in [-0.3, -0.25) is 4.57 Å². The lowest BCUT2D eigenvalue weighted by atomic mass is 10.2. The van der Waals surface area contributed by atoms with E-state index in [0.717, 1.165) is 31.5 Å². The van der Waals surface area contributed by atoms with Crippen molar-refractivity contribution in [3.63, 3.8) is 0 Å². The molecule has 0 aliphatic rings. The predicted octanol–water partition coefficient (Wildman–Crippen LogP) is 5.60. The van der Waals surface area contributed by atoms with Crippen LogP contribution in [0, 0.1) is 6.92 Å². The number of aromatic nitrogens is 2. The van der Waals surface area contributed by atoms with E-state index in [1.165, 1.54) is 5.56 Å². The number of benzene rings is 2. The van der Waals surface area contributed by atoms with Crippen LogP contribution < -0.4 is 0 Å². The van der Waals surface area contributed by atoms with E-state index < -0.39 is 0 Å². The van der Waals surface area contributed by atoms with E-state index >= 15 is 0 Å². The summed E-state index contributed by atoms with van der Waals surface area (Å²) >= 11 is 13.1. The minimum Gasteiger partial charge on any atom is -0.295 e. The Morgan fingerprint density at radius 2 is 1.95 bits per heavy atom. The molecule has 102 valence electrons. The van der Waals surface area contributed by atoms with Crippen LogP contribution in [0.5, 0.6) is 0 Å². The van der Waals surface area contributed by atoms with Crippen LogP contribution in [-0.4, -0.2) is 9.55 Å². The highest BCUT2D eigenvalue weighted by molar-refractivity contribution is 9.10. The van der Waals surface area contributed by atoms with Crippen LogP contribution in [-0.2, 0) is 5.88 Å². The first-order valence-electron chi connectivity index (χ1n) is 6.09. The van der Waals surface area contributed by atoms with Gasteiger partial charge in [-0.2, -0.15) is 0 Å². The maximum Gasteiger partial charge on any atom is 0.129 e. The van der Waals surface area contributed by atoms with Crippen molar-refractivity contribution in [3.05, 3.63) is 56.7 Å². The third kappa shape index (κ3) is 2.41. The molecule has 0 saturated heterocycles. The third-order valence-corrected chi connectivity index (χ3v) is 4.83. The number of halogens is 3. The molecular formula is C15H11Br2ClN2. The van der Waals surface area contributed by atoms with Crippen molar-refractivity contribution in [2.75, 3.05) is 0 Å². The first-order valence-corrected chi connectivity index (χ1v) is 8.21. The average Bonchev–Trinajstić information content (AvgIpc) is 2.79.